The van der Waals surface area contributed by atoms with Crippen molar-refractivity contribution in [2.45, 2.75) is 18.1 Å². The minimum Gasteiger partial charge on any atom is -0.485 e. The number of sulfonamides is 1. The number of ether oxygens (including phenoxy) is 2. The fourth-order valence-corrected chi connectivity index (χ4v) is 5.92. The fourth-order valence-electron chi connectivity index (χ4n) is 3.39. The SMILES string of the molecule is CNCCOc1cnc2ccc(-c3cnc(OC)c(NS(=O)(=O)c4sc(C)nc4C)c3)cn2c1=O. The quantitative estimate of drug-likeness (QED) is 0.321. The molecule has 2 N–H and O–H groups in total. The highest BCUT2D eigenvalue weighted by molar-refractivity contribution is 7.94. The van der Waals surface area contributed by atoms with Crippen LogP contribution >= 0.6 is 11.3 Å². The van der Waals surface area contributed by atoms with Crippen LogP contribution in [-0.4, -0.2) is 55.1 Å². The van der Waals surface area contributed by atoms with Gasteiger partial charge in [0.25, 0.3) is 15.6 Å². The zero-order valence-electron chi connectivity index (χ0n) is 19.5. The number of nitrogens with one attached hydrogen (secondary N) is 2. The number of pyridine rings is 2. The summed E-state index contributed by atoms with van der Waals surface area (Å²) in [5.74, 6) is 0.238. The normalized spacial score (nSPS) is 11.5. The van der Waals surface area contributed by atoms with Gasteiger partial charge in [0.05, 0.1) is 24.0 Å². The molecule has 184 valence electrons. The van der Waals surface area contributed by atoms with Gasteiger partial charge >= 0.3 is 0 Å². The van der Waals surface area contributed by atoms with Crippen LogP contribution in [0.1, 0.15) is 10.7 Å². The van der Waals surface area contributed by atoms with Crippen molar-refractivity contribution in [3.05, 3.63) is 57.8 Å². The Morgan fingerprint density at radius 3 is 2.63 bits per heavy atom. The van der Waals surface area contributed by atoms with Gasteiger partial charge in [0.2, 0.25) is 11.6 Å². The van der Waals surface area contributed by atoms with E-state index in [4.69, 9.17) is 9.47 Å². The number of aromatic nitrogens is 4. The highest BCUT2D eigenvalue weighted by Crippen LogP contribution is 2.32. The number of methoxy groups -OCH3 is 1. The highest BCUT2D eigenvalue weighted by atomic mass is 32.2. The molecule has 4 aromatic rings. The number of fused-ring (bicyclic) bond motifs is 1. The number of thiazole rings is 1. The Bertz CT molecular complexity index is 1550. The van der Waals surface area contributed by atoms with Gasteiger partial charge in [0.15, 0.2) is 4.21 Å². The Balaban J connectivity index is 1.73. The van der Waals surface area contributed by atoms with E-state index in [1.54, 1.807) is 45.3 Å². The van der Waals surface area contributed by atoms with Gasteiger partial charge in [-0.25, -0.2) is 23.4 Å². The van der Waals surface area contributed by atoms with E-state index >= 15 is 0 Å². The predicted molar refractivity (Wildman–Crippen MR) is 133 cm³/mol. The molecule has 0 aliphatic heterocycles. The summed E-state index contributed by atoms with van der Waals surface area (Å²) in [4.78, 5) is 25.6. The molecule has 0 bridgehead atoms. The molecular weight excluding hydrogens is 492 g/mol. The second kappa shape index (κ2) is 9.98. The number of hydrogen-bond acceptors (Lipinski definition) is 10. The van der Waals surface area contributed by atoms with Crippen LogP contribution in [0.2, 0.25) is 0 Å². The van der Waals surface area contributed by atoms with Crippen LogP contribution in [-0.2, 0) is 10.0 Å². The highest BCUT2D eigenvalue weighted by Gasteiger charge is 2.23. The molecule has 0 saturated carbocycles. The number of rotatable bonds is 9. The predicted octanol–water partition coefficient (Wildman–Crippen LogP) is 2.24. The second-order valence-corrected chi connectivity index (χ2v) is 10.6. The zero-order valence-corrected chi connectivity index (χ0v) is 21.2. The van der Waals surface area contributed by atoms with Gasteiger partial charge in [-0.15, -0.1) is 11.3 Å². The molecule has 0 aliphatic carbocycles. The molecule has 0 saturated heterocycles. The van der Waals surface area contributed by atoms with E-state index < -0.39 is 10.0 Å². The summed E-state index contributed by atoms with van der Waals surface area (Å²) in [5.41, 5.74) is 1.84. The molecule has 0 fully saturated rings. The van der Waals surface area contributed by atoms with Gasteiger partial charge in [0, 0.05) is 30.1 Å². The van der Waals surface area contributed by atoms with E-state index in [1.807, 2.05) is 0 Å². The molecular formula is C22H24N6O5S2. The molecule has 4 rings (SSSR count). The van der Waals surface area contributed by atoms with E-state index in [1.165, 1.54) is 23.9 Å². The van der Waals surface area contributed by atoms with Crippen LogP contribution in [0.4, 0.5) is 5.69 Å². The first-order valence-electron chi connectivity index (χ1n) is 10.5. The summed E-state index contributed by atoms with van der Waals surface area (Å²) >= 11 is 1.08. The average molecular weight is 517 g/mol. The number of aryl methyl sites for hydroxylation is 2. The Kier molecular flexibility index (Phi) is 7.00. The van der Waals surface area contributed by atoms with Gasteiger partial charge in [-0.2, -0.15) is 0 Å². The van der Waals surface area contributed by atoms with E-state index in [-0.39, 0.29) is 27.1 Å². The smallest absolute Gasteiger partial charge is 0.300 e. The fraction of sp³-hybridized carbons (Fsp3) is 0.273. The van der Waals surface area contributed by atoms with E-state index in [2.05, 4.69) is 25.0 Å². The summed E-state index contributed by atoms with van der Waals surface area (Å²) in [6.45, 7) is 4.29. The lowest BCUT2D eigenvalue weighted by atomic mass is 10.1. The number of hydrogen-bond donors (Lipinski definition) is 2. The van der Waals surface area contributed by atoms with E-state index in [0.717, 1.165) is 11.3 Å². The number of likely N-dealkylation sites (N-methyl/N-ethyl adjacent to an activating group) is 1. The minimum absolute atomic E-state index is 0.107. The van der Waals surface area contributed by atoms with E-state index in [0.29, 0.717) is 40.6 Å². The minimum atomic E-state index is -3.91. The molecule has 0 aliphatic rings. The second-order valence-electron chi connectivity index (χ2n) is 7.52. The summed E-state index contributed by atoms with van der Waals surface area (Å²) in [7, 11) is -0.723. The molecule has 35 heavy (non-hydrogen) atoms. The standard InChI is InChI=1S/C22H24N6O5S2/c1-13-22(34-14(2)26-13)35(30,31)27-17-9-16(10-25-20(17)32-4)15-5-6-19-24-11-18(33-8-7-23-3)21(29)28(19)12-15/h5-6,9-12,23,27H,7-8H2,1-4H3. The lowest BCUT2D eigenvalue weighted by Crippen LogP contribution is -2.22. The first-order chi connectivity index (χ1) is 16.7. The maximum atomic E-state index is 13.0. The zero-order chi connectivity index (χ0) is 25.2. The Hall–Kier alpha value is -3.55. The van der Waals surface area contributed by atoms with Crippen molar-refractivity contribution in [2.75, 3.05) is 32.0 Å². The maximum Gasteiger partial charge on any atom is 0.300 e. The van der Waals surface area contributed by atoms with Crippen LogP contribution < -0.4 is 25.1 Å². The van der Waals surface area contributed by atoms with Crippen molar-refractivity contribution in [1.29, 1.82) is 0 Å². The van der Waals surface area contributed by atoms with E-state index in [9.17, 15) is 13.2 Å². The molecule has 13 heteroatoms. The lowest BCUT2D eigenvalue weighted by Gasteiger charge is -2.13. The molecule has 0 unspecified atom stereocenters. The van der Waals surface area contributed by atoms with Crippen molar-refractivity contribution in [1.82, 2.24) is 24.7 Å². The molecule has 0 atom stereocenters. The first kappa shape index (κ1) is 24.6. The van der Waals surface area contributed by atoms with Crippen molar-refractivity contribution in [3.63, 3.8) is 0 Å². The summed E-state index contributed by atoms with van der Waals surface area (Å²) in [5, 5.41) is 3.59. The van der Waals surface area contributed by atoms with Crippen LogP contribution in [0.5, 0.6) is 11.6 Å². The van der Waals surface area contributed by atoms with Crippen LogP contribution in [0.15, 0.2) is 45.8 Å². The van der Waals surface area contributed by atoms with Gasteiger partial charge in [-0.1, -0.05) is 0 Å². The Morgan fingerprint density at radius 1 is 1.14 bits per heavy atom. The largest absolute Gasteiger partial charge is 0.485 e. The van der Waals surface area contributed by atoms with Gasteiger partial charge in [-0.05, 0) is 39.1 Å². The van der Waals surface area contributed by atoms with Gasteiger partial charge in [0.1, 0.15) is 17.9 Å². The van der Waals surface area contributed by atoms with Crippen molar-refractivity contribution >= 4 is 32.7 Å². The van der Waals surface area contributed by atoms with Crippen molar-refractivity contribution in [2.24, 2.45) is 0 Å². The van der Waals surface area contributed by atoms with Crippen molar-refractivity contribution in [3.8, 4) is 22.8 Å². The average Bonchev–Trinajstić information content (AvgIpc) is 3.19. The molecule has 11 nitrogen and oxygen atoms in total. The van der Waals surface area contributed by atoms with Gasteiger partial charge < -0.3 is 14.8 Å². The lowest BCUT2D eigenvalue weighted by molar-refractivity contribution is 0.312. The third-order valence-electron chi connectivity index (χ3n) is 5.01. The third kappa shape index (κ3) is 5.11. The first-order valence-corrected chi connectivity index (χ1v) is 12.8. The number of anilines is 1. The van der Waals surface area contributed by atoms with Gasteiger partial charge in [-0.3, -0.25) is 13.9 Å². The monoisotopic (exact) mass is 516 g/mol. The summed E-state index contributed by atoms with van der Waals surface area (Å²) < 4.78 is 40.9. The maximum absolute atomic E-state index is 13.0. The van der Waals surface area contributed by atoms with Crippen molar-refractivity contribution < 1.29 is 17.9 Å². The summed E-state index contributed by atoms with van der Waals surface area (Å²) in [6, 6.07) is 5.05. The molecule has 0 radical (unpaired) electrons. The summed E-state index contributed by atoms with van der Waals surface area (Å²) in [6.07, 6.45) is 4.54. The molecule has 4 aromatic heterocycles. The molecule has 0 aromatic carbocycles. The Morgan fingerprint density at radius 2 is 1.94 bits per heavy atom. The van der Waals surface area contributed by atoms with Crippen LogP contribution in [0.25, 0.3) is 16.8 Å². The number of nitrogens with zero attached hydrogens (tertiary/aromatic N) is 4. The van der Waals surface area contributed by atoms with Crippen LogP contribution in [0, 0.1) is 13.8 Å². The third-order valence-corrected chi connectivity index (χ3v) is 8.06. The molecule has 4 heterocycles. The Labute approximate surface area is 205 Å². The molecule has 0 spiro atoms. The molecule has 0 amide bonds. The topological polar surface area (TPSA) is 137 Å². The van der Waals surface area contributed by atoms with Crippen LogP contribution in [0.3, 0.4) is 0 Å².